The Labute approximate surface area is 134 Å². The fraction of sp³-hybridized carbons (Fsp3) is 0.647. The number of anilines is 1. The van der Waals surface area contributed by atoms with Gasteiger partial charge in [0.1, 0.15) is 11.6 Å². The van der Waals surface area contributed by atoms with Crippen molar-refractivity contribution in [2.75, 3.05) is 5.32 Å². The Morgan fingerprint density at radius 2 is 1.81 bits per heavy atom. The largest absolute Gasteiger partial charge is 0.379 e. The number of hydrogen-bond acceptors (Lipinski definition) is 1. The summed E-state index contributed by atoms with van der Waals surface area (Å²) in [5.41, 5.74) is 0.766. The smallest absolute Gasteiger partial charge is 0.150 e. The van der Waals surface area contributed by atoms with Gasteiger partial charge >= 0.3 is 0 Å². The van der Waals surface area contributed by atoms with Gasteiger partial charge in [-0.2, -0.15) is 0 Å². The summed E-state index contributed by atoms with van der Waals surface area (Å²) >= 11 is 3.24. The van der Waals surface area contributed by atoms with Crippen molar-refractivity contribution in [3.8, 4) is 0 Å². The van der Waals surface area contributed by atoms with E-state index in [0.29, 0.717) is 15.6 Å². The number of halogens is 3. The molecule has 1 aromatic rings. The number of rotatable bonds is 4. The van der Waals surface area contributed by atoms with E-state index in [0.717, 1.165) is 24.8 Å². The average Bonchev–Trinajstić information content (AvgIpc) is 2.43. The lowest BCUT2D eigenvalue weighted by atomic mass is 9.69. The Morgan fingerprint density at radius 3 is 2.33 bits per heavy atom. The predicted octanol–water partition coefficient (Wildman–Crippen LogP) is 6.13. The summed E-state index contributed by atoms with van der Waals surface area (Å²) in [6.07, 6.45) is 5.60. The molecule has 2 rings (SSSR count). The molecule has 1 saturated carbocycles. The second-order valence-electron chi connectivity index (χ2n) is 6.78. The Bertz CT molecular complexity index is 471. The van der Waals surface area contributed by atoms with Crippen LogP contribution in [0.25, 0.3) is 0 Å². The normalized spacial score (nSPS) is 23.1. The molecule has 1 aliphatic rings. The van der Waals surface area contributed by atoms with Crippen molar-refractivity contribution in [3.63, 3.8) is 0 Å². The third kappa shape index (κ3) is 3.97. The van der Waals surface area contributed by atoms with Crippen LogP contribution in [0, 0.1) is 23.0 Å². The Balaban J connectivity index is 1.98. The summed E-state index contributed by atoms with van der Waals surface area (Å²) in [5, 5.41) is 3.25. The molecule has 0 saturated heterocycles. The molecule has 0 radical (unpaired) electrons. The summed E-state index contributed by atoms with van der Waals surface area (Å²) in [6, 6.07) is 2.50. The summed E-state index contributed by atoms with van der Waals surface area (Å²) in [6.45, 7) is 6.92. The zero-order chi connectivity index (χ0) is 15.6. The van der Waals surface area contributed by atoms with Gasteiger partial charge in [-0.15, -0.1) is 0 Å². The molecule has 0 bridgehead atoms. The molecular weight excluding hydrogens is 336 g/mol. The van der Waals surface area contributed by atoms with Crippen molar-refractivity contribution in [1.29, 1.82) is 0 Å². The topological polar surface area (TPSA) is 12.0 Å². The number of benzene rings is 1. The van der Waals surface area contributed by atoms with Gasteiger partial charge in [0.2, 0.25) is 0 Å². The fourth-order valence-electron chi connectivity index (χ4n) is 3.19. The van der Waals surface area contributed by atoms with Crippen LogP contribution in [0.15, 0.2) is 16.6 Å². The molecule has 1 nitrogen and oxygen atoms in total. The molecule has 0 aromatic heterocycles. The van der Waals surface area contributed by atoms with Crippen LogP contribution in [0.4, 0.5) is 14.5 Å². The molecule has 1 fully saturated rings. The maximum Gasteiger partial charge on any atom is 0.150 e. The van der Waals surface area contributed by atoms with Crippen molar-refractivity contribution < 1.29 is 8.78 Å². The zero-order valence-corrected chi connectivity index (χ0v) is 14.6. The minimum Gasteiger partial charge on any atom is -0.379 e. The number of nitrogens with one attached hydrogen (secondary N) is 1. The molecule has 0 unspecified atom stereocenters. The summed E-state index contributed by atoms with van der Waals surface area (Å²) < 4.78 is 27.4. The molecule has 1 aliphatic carbocycles. The van der Waals surface area contributed by atoms with Crippen LogP contribution in [0.3, 0.4) is 0 Å². The van der Waals surface area contributed by atoms with Gasteiger partial charge in [0.25, 0.3) is 0 Å². The second-order valence-corrected chi connectivity index (χ2v) is 7.63. The monoisotopic (exact) mass is 359 g/mol. The van der Waals surface area contributed by atoms with Crippen molar-refractivity contribution in [3.05, 3.63) is 28.2 Å². The maximum absolute atomic E-state index is 13.9. The molecule has 21 heavy (non-hydrogen) atoms. The molecule has 0 amide bonds. The lowest BCUT2D eigenvalue weighted by Gasteiger charge is -2.39. The molecule has 118 valence electrons. The molecule has 1 N–H and O–H groups in total. The van der Waals surface area contributed by atoms with Crippen LogP contribution in [0.5, 0.6) is 0 Å². The third-order valence-corrected chi connectivity index (χ3v) is 5.72. The van der Waals surface area contributed by atoms with Crippen molar-refractivity contribution >= 4 is 21.6 Å². The molecule has 0 spiro atoms. The lowest BCUT2D eigenvalue weighted by molar-refractivity contribution is 0.147. The standard InChI is InChI=1S/C17H24BrF2N/c1-4-17(2,3)11-5-7-13(8-6-11)21-16-14(18)9-12(19)10-15(16)20/h9-11,13,21H,4-8H2,1-3H3. The Morgan fingerprint density at radius 1 is 1.19 bits per heavy atom. The summed E-state index contributed by atoms with van der Waals surface area (Å²) in [5.74, 6) is -0.349. The minimum absolute atomic E-state index is 0.269. The quantitative estimate of drug-likeness (QED) is 0.681. The van der Waals surface area contributed by atoms with Gasteiger partial charge in [-0.05, 0) is 59.0 Å². The van der Waals surface area contributed by atoms with E-state index in [1.165, 1.54) is 25.3 Å². The molecule has 0 heterocycles. The molecule has 4 heteroatoms. The van der Waals surface area contributed by atoms with Gasteiger partial charge in [0.05, 0.1) is 5.69 Å². The highest BCUT2D eigenvalue weighted by Crippen LogP contribution is 2.41. The first-order chi connectivity index (χ1) is 9.83. The van der Waals surface area contributed by atoms with Gasteiger partial charge in [0.15, 0.2) is 0 Å². The highest BCUT2D eigenvalue weighted by atomic mass is 79.9. The van der Waals surface area contributed by atoms with Gasteiger partial charge in [-0.25, -0.2) is 8.78 Å². The van der Waals surface area contributed by atoms with Gasteiger partial charge < -0.3 is 5.32 Å². The van der Waals surface area contributed by atoms with Gasteiger partial charge in [0, 0.05) is 16.6 Å². The van der Waals surface area contributed by atoms with E-state index in [4.69, 9.17) is 0 Å². The van der Waals surface area contributed by atoms with Crippen LogP contribution in [-0.2, 0) is 0 Å². The van der Waals surface area contributed by atoms with Crippen molar-refractivity contribution in [1.82, 2.24) is 0 Å². The maximum atomic E-state index is 13.9. The summed E-state index contributed by atoms with van der Waals surface area (Å²) in [7, 11) is 0. The van der Waals surface area contributed by atoms with Gasteiger partial charge in [-0.1, -0.05) is 27.2 Å². The molecular formula is C17H24BrF2N. The van der Waals surface area contributed by atoms with Crippen LogP contribution in [0.1, 0.15) is 52.9 Å². The van der Waals surface area contributed by atoms with E-state index < -0.39 is 11.6 Å². The first kappa shape index (κ1) is 16.7. The van der Waals surface area contributed by atoms with E-state index in [-0.39, 0.29) is 6.04 Å². The Hall–Kier alpha value is -0.640. The summed E-state index contributed by atoms with van der Waals surface area (Å²) in [4.78, 5) is 0. The van der Waals surface area contributed by atoms with Crippen LogP contribution in [-0.4, -0.2) is 6.04 Å². The highest BCUT2D eigenvalue weighted by Gasteiger charge is 2.32. The molecule has 0 aliphatic heterocycles. The zero-order valence-electron chi connectivity index (χ0n) is 13.0. The van der Waals surface area contributed by atoms with E-state index in [1.807, 2.05) is 0 Å². The average molecular weight is 360 g/mol. The number of hydrogen-bond donors (Lipinski definition) is 1. The molecule has 0 atom stereocenters. The first-order valence-electron chi connectivity index (χ1n) is 7.74. The van der Waals surface area contributed by atoms with E-state index in [9.17, 15) is 8.78 Å². The fourth-order valence-corrected chi connectivity index (χ4v) is 3.71. The SMILES string of the molecule is CCC(C)(C)C1CCC(Nc2c(F)cc(F)cc2Br)CC1. The second kappa shape index (κ2) is 6.64. The predicted molar refractivity (Wildman–Crippen MR) is 87.5 cm³/mol. The third-order valence-electron chi connectivity index (χ3n) is 5.10. The minimum atomic E-state index is -0.557. The van der Waals surface area contributed by atoms with E-state index in [2.05, 4.69) is 42.0 Å². The van der Waals surface area contributed by atoms with Crippen LogP contribution < -0.4 is 5.32 Å². The van der Waals surface area contributed by atoms with Crippen molar-refractivity contribution in [2.45, 2.75) is 58.9 Å². The Kier molecular flexibility index (Phi) is 5.29. The van der Waals surface area contributed by atoms with Gasteiger partial charge in [-0.3, -0.25) is 0 Å². The lowest BCUT2D eigenvalue weighted by Crippen LogP contribution is -2.33. The first-order valence-corrected chi connectivity index (χ1v) is 8.54. The molecule has 1 aromatic carbocycles. The van der Waals surface area contributed by atoms with Crippen LogP contribution in [0.2, 0.25) is 0 Å². The van der Waals surface area contributed by atoms with Crippen molar-refractivity contribution in [2.24, 2.45) is 11.3 Å². The van der Waals surface area contributed by atoms with Crippen LogP contribution >= 0.6 is 15.9 Å². The van der Waals surface area contributed by atoms with E-state index in [1.54, 1.807) is 0 Å². The highest BCUT2D eigenvalue weighted by molar-refractivity contribution is 9.10. The van der Waals surface area contributed by atoms with E-state index >= 15 is 0 Å².